The van der Waals surface area contributed by atoms with Crippen LogP contribution >= 0.6 is 11.6 Å². The Balaban J connectivity index is 2.55. The molecule has 1 aliphatic rings. The van der Waals surface area contributed by atoms with Crippen LogP contribution in [-0.2, 0) is 14.3 Å². The number of nitrogens with zero attached hydrogens (tertiary/aromatic N) is 2. The number of hydrogen-bond acceptors (Lipinski definition) is 6. The third-order valence-electron chi connectivity index (χ3n) is 3.01. The molecular formula is C13H13ClN2O5S. The molecule has 0 aromatic carbocycles. The van der Waals surface area contributed by atoms with Gasteiger partial charge >= 0.3 is 5.82 Å². The topological polar surface area (TPSA) is 99.4 Å². The minimum absolute atomic E-state index is 0.0229. The van der Waals surface area contributed by atoms with Crippen molar-refractivity contribution in [2.75, 3.05) is 6.61 Å². The fraction of sp³-hybridized carbons (Fsp3) is 0.308. The van der Waals surface area contributed by atoms with E-state index in [0.29, 0.717) is 22.6 Å². The molecule has 0 N–H and O–H groups in total. The summed E-state index contributed by atoms with van der Waals surface area (Å²) < 4.78 is 29.2. The Hall–Kier alpha value is -1.77. The first-order valence-corrected chi connectivity index (χ1v) is 8.23. The summed E-state index contributed by atoms with van der Waals surface area (Å²) in [6.07, 6.45) is 3.39. The number of halogens is 1. The van der Waals surface area contributed by atoms with Crippen LogP contribution in [0.1, 0.15) is 25.3 Å². The van der Waals surface area contributed by atoms with Crippen molar-refractivity contribution in [1.29, 1.82) is 0 Å². The number of pyridine rings is 1. The van der Waals surface area contributed by atoms with Crippen LogP contribution in [0.5, 0.6) is 0 Å². The van der Waals surface area contributed by atoms with Crippen molar-refractivity contribution in [3.05, 3.63) is 50.0 Å². The van der Waals surface area contributed by atoms with E-state index in [1.807, 2.05) is 0 Å². The van der Waals surface area contributed by atoms with Crippen LogP contribution in [0, 0.1) is 10.1 Å². The third kappa shape index (κ3) is 3.52. The van der Waals surface area contributed by atoms with Gasteiger partial charge in [-0.3, -0.25) is 4.18 Å². The molecule has 0 fully saturated rings. The van der Waals surface area contributed by atoms with Crippen molar-refractivity contribution in [3.63, 3.8) is 0 Å². The van der Waals surface area contributed by atoms with Gasteiger partial charge in [0.1, 0.15) is 6.20 Å². The lowest BCUT2D eigenvalue weighted by molar-refractivity contribution is -0.389. The van der Waals surface area contributed by atoms with Crippen LogP contribution in [0.15, 0.2) is 34.3 Å². The molecule has 0 saturated heterocycles. The maximum absolute atomic E-state index is 12.2. The van der Waals surface area contributed by atoms with E-state index >= 15 is 0 Å². The lowest BCUT2D eigenvalue weighted by Gasteiger charge is -2.17. The maximum atomic E-state index is 12.2. The first kappa shape index (κ1) is 16.6. The highest BCUT2D eigenvalue weighted by molar-refractivity contribution is 7.90. The summed E-state index contributed by atoms with van der Waals surface area (Å²) in [7, 11) is -3.87. The first-order chi connectivity index (χ1) is 10.3. The molecule has 1 aliphatic carbocycles. The molecule has 7 nitrogen and oxygen atoms in total. The third-order valence-corrected chi connectivity index (χ3v) is 4.88. The second-order valence-electron chi connectivity index (χ2n) is 4.45. The Morgan fingerprint density at radius 2 is 2.14 bits per heavy atom. The van der Waals surface area contributed by atoms with Gasteiger partial charge in [-0.1, -0.05) is 11.6 Å². The Labute approximate surface area is 132 Å². The van der Waals surface area contributed by atoms with Crippen molar-refractivity contribution in [2.45, 2.75) is 19.8 Å². The van der Waals surface area contributed by atoms with E-state index in [1.54, 1.807) is 6.92 Å². The maximum Gasteiger partial charge on any atom is 0.363 e. The summed E-state index contributed by atoms with van der Waals surface area (Å²) in [6, 6.07) is 2.65. The minimum Gasteiger partial charge on any atom is -0.358 e. The summed E-state index contributed by atoms with van der Waals surface area (Å²) in [5.74, 6) is -0.315. The molecule has 1 aromatic heterocycles. The lowest BCUT2D eigenvalue weighted by Crippen LogP contribution is -2.12. The standard InChI is InChI=1S/C13H13ClN2O5S/c1-2-21-22(19,20)12-5-4-10(14)7-11(12)9-3-6-13(15-8-9)16(17)18/h3,6-8H,2,4-5H2,1H3. The molecule has 0 aliphatic heterocycles. The number of hydrogen-bond donors (Lipinski definition) is 0. The molecule has 0 radical (unpaired) electrons. The van der Waals surface area contributed by atoms with Gasteiger partial charge in [0.2, 0.25) is 0 Å². The predicted molar refractivity (Wildman–Crippen MR) is 81.5 cm³/mol. The number of allylic oxidation sites excluding steroid dienone is 4. The Morgan fingerprint density at radius 1 is 1.41 bits per heavy atom. The van der Waals surface area contributed by atoms with Crippen molar-refractivity contribution in [1.82, 2.24) is 4.98 Å². The molecule has 0 bridgehead atoms. The quantitative estimate of drug-likeness (QED) is 0.462. The van der Waals surface area contributed by atoms with Gasteiger partial charge in [0.25, 0.3) is 10.1 Å². The number of nitro groups is 1. The van der Waals surface area contributed by atoms with Crippen LogP contribution in [0.3, 0.4) is 0 Å². The fourth-order valence-electron chi connectivity index (χ4n) is 2.06. The molecule has 0 spiro atoms. The Bertz CT molecular complexity index is 753. The molecule has 22 heavy (non-hydrogen) atoms. The van der Waals surface area contributed by atoms with E-state index in [4.69, 9.17) is 15.8 Å². The van der Waals surface area contributed by atoms with Gasteiger partial charge in [-0.2, -0.15) is 8.42 Å². The van der Waals surface area contributed by atoms with Crippen LogP contribution < -0.4 is 0 Å². The Kier molecular flexibility index (Phi) is 4.94. The predicted octanol–water partition coefficient (Wildman–Crippen LogP) is 2.98. The minimum atomic E-state index is -3.87. The SMILES string of the molecule is CCOS(=O)(=O)C1=C(c2ccc([N+](=O)[O-])nc2)C=C(Cl)CC1. The zero-order chi connectivity index (χ0) is 16.3. The molecule has 1 heterocycles. The van der Waals surface area contributed by atoms with Crippen molar-refractivity contribution < 1.29 is 17.5 Å². The second-order valence-corrected chi connectivity index (χ2v) is 6.57. The van der Waals surface area contributed by atoms with Gasteiger partial charge in [0.15, 0.2) is 0 Å². The average Bonchev–Trinajstić information content (AvgIpc) is 2.47. The number of rotatable bonds is 5. The Morgan fingerprint density at radius 3 is 2.68 bits per heavy atom. The van der Waals surface area contributed by atoms with Gasteiger partial charge in [-0.15, -0.1) is 0 Å². The summed E-state index contributed by atoms with van der Waals surface area (Å²) in [6.45, 7) is 1.60. The summed E-state index contributed by atoms with van der Waals surface area (Å²) in [5.41, 5.74) is 0.786. The van der Waals surface area contributed by atoms with Crippen molar-refractivity contribution in [3.8, 4) is 0 Å². The summed E-state index contributed by atoms with van der Waals surface area (Å²) in [4.78, 5) is 13.8. The van der Waals surface area contributed by atoms with Gasteiger partial charge in [-0.05, 0) is 41.8 Å². The highest BCUT2D eigenvalue weighted by atomic mass is 35.5. The summed E-state index contributed by atoms with van der Waals surface area (Å²) in [5, 5.41) is 11.1. The van der Waals surface area contributed by atoms with E-state index < -0.39 is 15.0 Å². The van der Waals surface area contributed by atoms with Crippen LogP contribution in [0.25, 0.3) is 5.57 Å². The molecule has 0 unspecified atom stereocenters. The second kappa shape index (κ2) is 6.55. The van der Waals surface area contributed by atoms with Crippen LogP contribution in [0.2, 0.25) is 0 Å². The fourth-order valence-corrected chi connectivity index (χ4v) is 3.51. The average molecular weight is 345 g/mol. The van der Waals surface area contributed by atoms with E-state index in [2.05, 4.69) is 4.98 Å². The monoisotopic (exact) mass is 344 g/mol. The normalized spacial score (nSPS) is 15.6. The lowest BCUT2D eigenvalue weighted by atomic mass is 10.0. The molecule has 0 saturated carbocycles. The zero-order valence-corrected chi connectivity index (χ0v) is 13.2. The van der Waals surface area contributed by atoms with E-state index in [9.17, 15) is 18.5 Å². The van der Waals surface area contributed by atoms with Crippen LogP contribution in [0.4, 0.5) is 5.82 Å². The molecule has 2 rings (SSSR count). The highest BCUT2D eigenvalue weighted by Gasteiger charge is 2.26. The molecule has 0 atom stereocenters. The molecule has 118 valence electrons. The molecule has 9 heteroatoms. The van der Waals surface area contributed by atoms with Crippen molar-refractivity contribution in [2.24, 2.45) is 0 Å². The van der Waals surface area contributed by atoms with Gasteiger partial charge in [-0.25, -0.2) is 0 Å². The number of aromatic nitrogens is 1. The van der Waals surface area contributed by atoms with Gasteiger partial charge in [0, 0.05) is 22.2 Å². The van der Waals surface area contributed by atoms with Crippen molar-refractivity contribution >= 4 is 33.1 Å². The first-order valence-electron chi connectivity index (χ1n) is 6.44. The van der Waals surface area contributed by atoms with E-state index in [0.717, 1.165) is 0 Å². The highest BCUT2D eigenvalue weighted by Crippen LogP contribution is 2.35. The molecular weight excluding hydrogens is 332 g/mol. The van der Waals surface area contributed by atoms with Gasteiger partial charge < -0.3 is 10.1 Å². The van der Waals surface area contributed by atoms with E-state index in [-0.39, 0.29) is 23.8 Å². The molecule has 0 amide bonds. The molecule has 1 aromatic rings. The van der Waals surface area contributed by atoms with Gasteiger partial charge in [0.05, 0.1) is 11.5 Å². The van der Waals surface area contributed by atoms with Crippen LogP contribution in [-0.4, -0.2) is 24.9 Å². The summed E-state index contributed by atoms with van der Waals surface area (Å²) >= 11 is 6.00. The van der Waals surface area contributed by atoms with E-state index in [1.165, 1.54) is 24.4 Å². The smallest absolute Gasteiger partial charge is 0.358 e. The zero-order valence-electron chi connectivity index (χ0n) is 11.7. The largest absolute Gasteiger partial charge is 0.363 e.